The van der Waals surface area contributed by atoms with Crippen LogP contribution >= 0.6 is 10.5 Å². The molecule has 0 amide bonds. The van der Waals surface area contributed by atoms with E-state index < -0.39 is 36.2 Å². The van der Waals surface area contributed by atoms with Gasteiger partial charge in [-0.2, -0.15) is 0 Å². The van der Waals surface area contributed by atoms with Crippen molar-refractivity contribution in [3.63, 3.8) is 0 Å². The Morgan fingerprint density at radius 3 is 1.88 bits per heavy atom. The Kier molecular flexibility index (Phi) is 6.85. The number of rotatable bonds is 1. The van der Waals surface area contributed by atoms with Crippen LogP contribution in [0.25, 0.3) is 10.1 Å². The summed E-state index contributed by atoms with van der Waals surface area (Å²) in [6.07, 6.45) is 0. The van der Waals surface area contributed by atoms with Crippen molar-refractivity contribution in [2.24, 2.45) is 0 Å². The van der Waals surface area contributed by atoms with E-state index in [0.717, 1.165) is 10.9 Å². The van der Waals surface area contributed by atoms with Crippen molar-refractivity contribution >= 4 is 20.6 Å². The first-order valence-corrected chi connectivity index (χ1v) is 10.3. The largest absolute Gasteiger partial charge is 0.600 e. The highest BCUT2D eigenvalue weighted by Gasteiger charge is 2.50. The molecule has 0 radical (unpaired) electrons. The molecular weight excluding hydrogens is 409 g/mol. The van der Waals surface area contributed by atoms with Gasteiger partial charge in [0, 0.05) is 22.9 Å². The first kappa shape index (κ1) is 21.4. The van der Waals surface area contributed by atoms with Crippen molar-refractivity contribution in [2.75, 3.05) is 0 Å². The van der Waals surface area contributed by atoms with E-state index in [1.165, 1.54) is 0 Å². The van der Waals surface area contributed by atoms with Gasteiger partial charge in [0.15, 0.2) is 9.58 Å². The smallest absolute Gasteiger partial charge is 0.405 e. The van der Waals surface area contributed by atoms with Crippen LogP contribution in [0.4, 0.5) is 13.2 Å². The molecule has 0 bridgehead atoms. The van der Waals surface area contributed by atoms with Crippen molar-refractivity contribution in [1.82, 2.24) is 0 Å². The normalized spacial score (nSPS) is 13.5. The van der Waals surface area contributed by atoms with Gasteiger partial charge in [-0.15, -0.1) is 13.2 Å². The fraction of sp³-hybridized carbons (Fsp3) is 0.500. The Balaban J connectivity index is 0.000000648. The Labute approximate surface area is 147 Å². The summed E-state index contributed by atoms with van der Waals surface area (Å²) >= 11 is -3.65. The highest BCUT2D eigenvalue weighted by molar-refractivity contribution is 7.38. The molecule has 3 nitrogen and oxygen atoms in total. The van der Waals surface area contributed by atoms with E-state index in [2.05, 4.69) is 0 Å². The zero-order chi connectivity index (χ0) is 18.9. The van der Waals surface area contributed by atoms with Gasteiger partial charge in [0.05, 0.1) is 10.5 Å². The molecule has 0 saturated heterocycles. The number of halogens is 4. The van der Waals surface area contributed by atoms with Crippen LogP contribution in [-0.2, 0) is 10.9 Å². The Bertz CT molecular complexity index is 685. The summed E-state index contributed by atoms with van der Waals surface area (Å²) in [5.41, 5.74) is -3.72. The van der Waals surface area contributed by atoms with Crippen LogP contribution in [0, 0.1) is 14.8 Å². The third-order valence-corrected chi connectivity index (χ3v) is 5.83. The summed E-state index contributed by atoms with van der Waals surface area (Å²) in [5, 5.41) is 0.722. The topological polar surface area (TPSA) is 69.2 Å². The summed E-state index contributed by atoms with van der Waals surface area (Å²) in [5.74, 6) is 0.234. The van der Waals surface area contributed by atoms with Crippen LogP contribution < -0.4 is 12.6 Å². The lowest BCUT2D eigenvalue weighted by Crippen LogP contribution is -2.42. The molecule has 1 atom stereocenters. The molecule has 2 aromatic rings. The minimum absolute atomic E-state index is 0.234. The summed E-state index contributed by atoms with van der Waals surface area (Å²) in [6.45, 7) is 9.54. The van der Waals surface area contributed by atoms with Crippen molar-refractivity contribution in [2.45, 2.75) is 51.5 Å². The average Bonchev–Trinajstić information content (AvgIpc) is 2.75. The van der Waals surface area contributed by atoms with Gasteiger partial charge in [0.25, 0.3) is 0 Å². The highest BCUT2D eigenvalue weighted by Crippen LogP contribution is 2.54. The standard InChI is InChI=1S/C16H20F3S.BrO3/c1-10(2)11-6-7-12-9-14(15(3,4)5)20(13(12)8-11)16(17,18)19;2-1(3)4/h6-10H,1-5H3;/q+1;-1. The van der Waals surface area contributed by atoms with Crippen molar-refractivity contribution in [3.05, 3.63) is 34.7 Å². The summed E-state index contributed by atoms with van der Waals surface area (Å²) in [7, 11) is -1.79. The predicted molar refractivity (Wildman–Crippen MR) is 80.5 cm³/mol. The van der Waals surface area contributed by atoms with Gasteiger partial charge in [-0.05, 0) is 17.5 Å². The SMILES string of the molecule is CC(C)c1ccc2cc(C(C)(C)C)[s+](C(F)(F)F)c2c1.[O-][Br+2]([O-])[O-]. The first-order chi connectivity index (χ1) is 10.7. The average molecular weight is 429 g/mol. The summed E-state index contributed by atoms with van der Waals surface area (Å²) < 4.78 is 66.6. The molecular formula is C16H20BrF3O3S. The van der Waals surface area contributed by atoms with E-state index in [-0.39, 0.29) is 5.92 Å². The molecule has 0 aliphatic rings. The number of hydrogen-bond acceptors (Lipinski definition) is 3. The molecule has 1 aromatic carbocycles. The second-order valence-corrected chi connectivity index (χ2v) is 9.40. The second-order valence-electron chi connectivity index (χ2n) is 6.65. The summed E-state index contributed by atoms with van der Waals surface area (Å²) in [4.78, 5) is 0.487. The van der Waals surface area contributed by atoms with Gasteiger partial charge >= 0.3 is 5.51 Å². The van der Waals surface area contributed by atoms with Gasteiger partial charge in [0.1, 0.15) is 0 Å². The third kappa shape index (κ3) is 5.42. The van der Waals surface area contributed by atoms with Gasteiger partial charge < -0.3 is 12.6 Å². The number of fused-ring (bicyclic) bond motifs is 1. The molecule has 0 N–H and O–H groups in total. The maximum atomic E-state index is 13.5. The minimum Gasteiger partial charge on any atom is -0.405 e. The maximum Gasteiger partial charge on any atom is 0.600 e. The predicted octanol–water partition coefficient (Wildman–Crippen LogP) is 2.92. The molecule has 0 aliphatic heterocycles. The molecule has 0 spiro atoms. The van der Waals surface area contributed by atoms with Crippen molar-refractivity contribution in [3.8, 4) is 0 Å². The van der Waals surface area contributed by atoms with E-state index in [9.17, 15) is 13.2 Å². The molecule has 1 heterocycles. The molecule has 0 fully saturated rings. The van der Waals surface area contributed by atoms with Crippen LogP contribution in [0.5, 0.6) is 0 Å². The summed E-state index contributed by atoms with van der Waals surface area (Å²) in [6, 6.07) is 7.24. The van der Waals surface area contributed by atoms with E-state index in [4.69, 9.17) is 12.6 Å². The van der Waals surface area contributed by atoms with E-state index in [0.29, 0.717) is 9.58 Å². The van der Waals surface area contributed by atoms with Crippen LogP contribution in [-0.4, -0.2) is 0 Å². The maximum absolute atomic E-state index is 13.5. The Morgan fingerprint density at radius 2 is 1.50 bits per heavy atom. The lowest BCUT2D eigenvalue weighted by atomic mass is 9.94. The van der Waals surface area contributed by atoms with Gasteiger partial charge in [-0.1, -0.05) is 40.7 Å². The molecule has 0 saturated carbocycles. The van der Waals surface area contributed by atoms with Gasteiger partial charge in [-0.25, -0.2) is 0 Å². The Hall–Kier alpha value is -0.670. The quantitative estimate of drug-likeness (QED) is 0.655. The van der Waals surface area contributed by atoms with Gasteiger partial charge in [0.2, 0.25) is 14.8 Å². The second kappa shape index (κ2) is 7.70. The Morgan fingerprint density at radius 1 is 1.00 bits per heavy atom. The van der Waals surface area contributed by atoms with Crippen LogP contribution in [0.15, 0.2) is 24.3 Å². The first-order valence-electron chi connectivity index (χ1n) is 7.15. The number of hydrogen-bond donors (Lipinski definition) is 0. The fourth-order valence-corrected chi connectivity index (χ4v) is 4.51. The third-order valence-electron chi connectivity index (χ3n) is 3.40. The number of alkyl halides is 3. The molecule has 136 valence electrons. The van der Waals surface area contributed by atoms with E-state index in [1.54, 1.807) is 12.1 Å². The molecule has 1 unspecified atom stereocenters. The zero-order valence-corrected chi connectivity index (χ0v) is 16.4. The highest BCUT2D eigenvalue weighted by atomic mass is 80.0. The molecule has 0 aliphatic carbocycles. The monoisotopic (exact) mass is 428 g/mol. The fourth-order valence-electron chi connectivity index (χ4n) is 2.30. The number of thiophene rings is 1. The van der Waals surface area contributed by atoms with Crippen LogP contribution in [0.3, 0.4) is 0 Å². The van der Waals surface area contributed by atoms with Gasteiger partial charge in [-0.3, -0.25) is 0 Å². The molecule has 8 heteroatoms. The zero-order valence-electron chi connectivity index (χ0n) is 14.0. The van der Waals surface area contributed by atoms with E-state index in [1.807, 2.05) is 46.8 Å². The van der Waals surface area contributed by atoms with Crippen molar-refractivity contribution in [1.29, 1.82) is 0 Å². The molecule has 24 heavy (non-hydrogen) atoms. The lowest BCUT2D eigenvalue weighted by Gasteiger charge is -2.13. The molecule has 2 rings (SSSR count). The minimum atomic E-state index is -4.21. The number of benzene rings is 1. The van der Waals surface area contributed by atoms with Crippen LogP contribution in [0.1, 0.15) is 51.0 Å². The van der Waals surface area contributed by atoms with Crippen LogP contribution in [0.2, 0.25) is 0 Å². The van der Waals surface area contributed by atoms with Crippen molar-refractivity contribution < 1.29 is 40.6 Å². The van der Waals surface area contributed by atoms with E-state index >= 15 is 0 Å². The molecule has 1 aromatic heterocycles. The lowest BCUT2D eigenvalue weighted by molar-refractivity contribution is -1.73.